The molecule has 0 fully saturated rings. The Morgan fingerprint density at radius 1 is 1.31 bits per heavy atom. The molecule has 0 aliphatic rings. The van der Waals surface area contributed by atoms with Crippen LogP contribution in [0.4, 0.5) is 11.4 Å². The Kier molecular flexibility index (Phi) is 3.22. The van der Waals surface area contributed by atoms with Crippen molar-refractivity contribution in [2.45, 2.75) is 0 Å². The second-order valence-corrected chi connectivity index (χ2v) is 3.54. The van der Waals surface area contributed by atoms with E-state index in [9.17, 15) is 0 Å². The summed E-state index contributed by atoms with van der Waals surface area (Å²) in [5.41, 5.74) is 7.70. The van der Waals surface area contributed by atoms with Gasteiger partial charge in [-0.3, -0.25) is 4.98 Å². The van der Waals surface area contributed by atoms with Crippen molar-refractivity contribution < 1.29 is 4.74 Å². The Labute approximate surface area is 94.4 Å². The van der Waals surface area contributed by atoms with E-state index < -0.39 is 0 Å². The highest BCUT2D eigenvalue weighted by Crippen LogP contribution is 2.27. The first-order valence-corrected chi connectivity index (χ1v) is 5.18. The lowest BCUT2D eigenvalue weighted by atomic mass is 10.1. The van der Waals surface area contributed by atoms with Crippen molar-refractivity contribution in [1.82, 2.24) is 4.98 Å². The quantitative estimate of drug-likeness (QED) is 0.606. The number of ether oxygens (including phenoxy) is 1. The van der Waals surface area contributed by atoms with Gasteiger partial charge in [0, 0.05) is 48.2 Å². The number of aromatic nitrogens is 1. The zero-order chi connectivity index (χ0) is 11.4. The van der Waals surface area contributed by atoms with Crippen LogP contribution < -0.4 is 11.1 Å². The number of anilines is 2. The average molecular weight is 217 g/mol. The van der Waals surface area contributed by atoms with Crippen molar-refractivity contribution >= 4 is 22.1 Å². The maximum absolute atomic E-state index is 5.89. The summed E-state index contributed by atoms with van der Waals surface area (Å²) >= 11 is 0. The van der Waals surface area contributed by atoms with Crippen molar-refractivity contribution in [2.75, 3.05) is 31.3 Å². The molecule has 4 heteroatoms. The molecular formula is C12H15N3O. The molecule has 84 valence electrons. The lowest BCUT2D eigenvalue weighted by Crippen LogP contribution is -2.08. The number of hydrogen-bond donors (Lipinski definition) is 2. The van der Waals surface area contributed by atoms with E-state index in [-0.39, 0.29) is 0 Å². The smallest absolute Gasteiger partial charge is 0.0635 e. The highest BCUT2D eigenvalue weighted by molar-refractivity contribution is 6.00. The van der Waals surface area contributed by atoms with Crippen molar-refractivity contribution in [3.05, 3.63) is 30.6 Å². The maximum atomic E-state index is 5.89. The number of methoxy groups -OCH3 is 1. The van der Waals surface area contributed by atoms with Gasteiger partial charge in [0.1, 0.15) is 0 Å². The Bertz CT molecular complexity index is 485. The molecule has 0 aliphatic heterocycles. The van der Waals surface area contributed by atoms with E-state index in [1.807, 2.05) is 18.2 Å². The predicted molar refractivity (Wildman–Crippen MR) is 66.5 cm³/mol. The standard InChI is InChI=1S/C12H15N3O/c1-16-7-6-15-12-3-2-11(13)10-8-14-5-4-9(10)12/h2-5,8,15H,6-7,13H2,1H3. The first kappa shape index (κ1) is 10.7. The van der Waals surface area contributed by atoms with Crippen molar-refractivity contribution in [1.29, 1.82) is 0 Å². The molecule has 1 heterocycles. The fourth-order valence-corrected chi connectivity index (χ4v) is 1.65. The molecule has 3 N–H and O–H groups in total. The van der Waals surface area contributed by atoms with Gasteiger partial charge in [0.25, 0.3) is 0 Å². The third-order valence-corrected chi connectivity index (χ3v) is 2.47. The molecule has 16 heavy (non-hydrogen) atoms. The number of benzene rings is 1. The van der Waals surface area contributed by atoms with Crippen LogP contribution in [0.5, 0.6) is 0 Å². The number of nitrogens with two attached hydrogens (primary N) is 1. The minimum absolute atomic E-state index is 0.678. The van der Waals surface area contributed by atoms with Crippen LogP contribution in [0.2, 0.25) is 0 Å². The highest BCUT2D eigenvalue weighted by atomic mass is 16.5. The summed E-state index contributed by atoms with van der Waals surface area (Å²) < 4.78 is 5.00. The minimum atomic E-state index is 0.678. The molecule has 2 aromatic rings. The average Bonchev–Trinajstić information content (AvgIpc) is 2.33. The van der Waals surface area contributed by atoms with Crippen LogP contribution in [-0.4, -0.2) is 25.2 Å². The van der Waals surface area contributed by atoms with Gasteiger partial charge in [-0.15, -0.1) is 0 Å². The van der Waals surface area contributed by atoms with Crippen LogP contribution in [0.1, 0.15) is 0 Å². The topological polar surface area (TPSA) is 60.2 Å². The van der Waals surface area contributed by atoms with E-state index >= 15 is 0 Å². The number of nitrogen functional groups attached to an aromatic ring is 1. The molecule has 4 nitrogen and oxygen atoms in total. The fraction of sp³-hybridized carbons (Fsp3) is 0.250. The summed E-state index contributed by atoms with van der Waals surface area (Å²) in [5, 5.41) is 5.37. The summed E-state index contributed by atoms with van der Waals surface area (Å²) in [5.74, 6) is 0. The molecule has 2 rings (SSSR count). The molecule has 0 spiro atoms. The minimum Gasteiger partial charge on any atom is -0.398 e. The molecule has 0 saturated heterocycles. The zero-order valence-electron chi connectivity index (χ0n) is 9.23. The van der Waals surface area contributed by atoms with E-state index in [0.29, 0.717) is 6.61 Å². The molecule has 0 unspecified atom stereocenters. The van der Waals surface area contributed by atoms with E-state index in [1.54, 1.807) is 19.5 Å². The highest BCUT2D eigenvalue weighted by Gasteiger charge is 2.02. The lowest BCUT2D eigenvalue weighted by molar-refractivity contribution is 0.211. The number of nitrogens with zero attached hydrogens (tertiary/aromatic N) is 1. The first-order chi connectivity index (χ1) is 7.83. The second-order valence-electron chi connectivity index (χ2n) is 3.54. The number of hydrogen-bond acceptors (Lipinski definition) is 4. The molecular weight excluding hydrogens is 202 g/mol. The molecule has 0 atom stereocenters. The normalized spacial score (nSPS) is 10.6. The summed E-state index contributed by atoms with van der Waals surface area (Å²) in [7, 11) is 1.69. The van der Waals surface area contributed by atoms with Crippen LogP contribution in [0.15, 0.2) is 30.6 Å². The summed E-state index contributed by atoms with van der Waals surface area (Å²) in [6, 6.07) is 5.83. The van der Waals surface area contributed by atoms with Gasteiger partial charge in [-0.25, -0.2) is 0 Å². The fourth-order valence-electron chi connectivity index (χ4n) is 1.65. The molecule has 0 amide bonds. The van der Waals surface area contributed by atoms with Crippen LogP contribution in [0.3, 0.4) is 0 Å². The van der Waals surface area contributed by atoms with Crippen LogP contribution in [0.25, 0.3) is 10.8 Å². The molecule has 0 aliphatic carbocycles. The largest absolute Gasteiger partial charge is 0.398 e. The summed E-state index contributed by atoms with van der Waals surface area (Å²) in [6.45, 7) is 1.45. The Hall–Kier alpha value is -1.81. The number of nitrogens with one attached hydrogen (secondary N) is 1. The maximum Gasteiger partial charge on any atom is 0.0635 e. The molecule has 0 saturated carbocycles. The number of fused-ring (bicyclic) bond motifs is 1. The van der Waals surface area contributed by atoms with Gasteiger partial charge in [-0.1, -0.05) is 0 Å². The molecule has 0 bridgehead atoms. The first-order valence-electron chi connectivity index (χ1n) is 5.18. The van der Waals surface area contributed by atoms with E-state index in [0.717, 1.165) is 28.7 Å². The van der Waals surface area contributed by atoms with Gasteiger partial charge >= 0.3 is 0 Å². The second kappa shape index (κ2) is 4.81. The van der Waals surface area contributed by atoms with Gasteiger partial charge < -0.3 is 15.8 Å². The molecule has 1 aromatic heterocycles. The Morgan fingerprint density at radius 2 is 2.19 bits per heavy atom. The van der Waals surface area contributed by atoms with Gasteiger partial charge in [0.05, 0.1) is 6.61 Å². The van der Waals surface area contributed by atoms with Crippen LogP contribution >= 0.6 is 0 Å². The van der Waals surface area contributed by atoms with Crippen molar-refractivity contribution in [3.8, 4) is 0 Å². The van der Waals surface area contributed by atoms with E-state index in [4.69, 9.17) is 10.5 Å². The van der Waals surface area contributed by atoms with E-state index in [1.165, 1.54) is 0 Å². The van der Waals surface area contributed by atoms with Crippen LogP contribution in [0, 0.1) is 0 Å². The monoisotopic (exact) mass is 217 g/mol. The lowest BCUT2D eigenvalue weighted by Gasteiger charge is -2.10. The SMILES string of the molecule is COCCNc1ccc(N)c2cnccc12. The Balaban J connectivity index is 2.35. The van der Waals surface area contributed by atoms with Crippen LogP contribution in [-0.2, 0) is 4.74 Å². The summed E-state index contributed by atoms with van der Waals surface area (Å²) in [6.07, 6.45) is 3.55. The molecule has 1 aromatic carbocycles. The third kappa shape index (κ3) is 2.06. The summed E-state index contributed by atoms with van der Waals surface area (Å²) in [4.78, 5) is 4.08. The Morgan fingerprint density at radius 3 is 3.00 bits per heavy atom. The van der Waals surface area contributed by atoms with Gasteiger partial charge in [-0.2, -0.15) is 0 Å². The van der Waals surface area contributed by atoms with Crippen molar-refractivity contribution in [2.24, 2.45) is 0 Å². The van der Waals surface area contributed by atoms with E-state index in [2.05, 4.69) is 10.3 Å². The number of pyridine rings is 1. The van der Waals surface area contributed by atoms with Gasteiger partial charge in [-0.05, 0) is 18.2 Å². The number of rotatable bonds is 4. The predicted octanol–water partition coefficient (Wildman–Crippen LogP) is 1.88. The van der Waals surface area contributed by atoms with Gasteiger partial charge in [0.15, 0.2) is 0 Å². The zero-order valence-corrected chi connectivity index (χ0v) is 9.23. The van der Waals surface area contributed by atoms with Crippen molar-refractivity contribution in [3.63, 3.8) is 0 Å². The third-order valence-electron chi connectivity index (χ3n) is 2.47. The molecule has 0 radical (unpaired) electrons. The van der Waals surface area contributed by atoms with Gasteiger partial charge in [0.2, 0.25) is 0 Å².